The summed E-state index contributed by atoms with van der Waals surface area (Å²) in [6.45, 7) is 1.71. The summed E-state index contributed by atoms with van der Waals surface area (Å²) in [6.07, 6.45) is 1.54. The molecule has 2 N–H and O–H groups in total. The molecule has 0 aliphatic carbocycles. The highest BCUT2D eigenvalue weighted by Gasteiger charge is 2.08. The van der Waals surface area contributed by atoms with Crippen LogP contribution < -0.4 is 15.4 Å². The van der Waals surface area contributed by atoms with E-state index in [9.17, 15) is 9.59 Å². The second kappa shape index (κ2) is 8.62. The maximum absolute atomic E-state index is 12.4. The molecule has 1 aromatic heterocycles. The number of nitrogens with one attached hydrogen (secondary N) is 2. The fourth-order valence-electron chi connectivity index (χ4n) is 2.37. The van der Waals surface area contributed by atoms with Gasteiger partial charge in [0.1, 0.15) is 11.5 Å². The zero-order valence-corrected chi connectivity index (χ0v) is 14.8. The van der Waals surface area contributed by atoms with E-state index in [1.54, 1.807) is 42.6 Å². The van der Waals surface area contributed by atoms with Crippen LogP contribution in [-0.4, -0.2) is 16.8 Å². The first-order valence-electron chi connectivity index (χ1n) is 8.44. The fraction of sp³-hybridized carbons (Fsp3) is 0.0952. The summed E-state index contributed by atoms with van der Waals surface area (Å²) < 4.78 is 5.73. The standard InChI is InChI=1S/C21H19N3O3/c1-15(25)23-14-18-13-16(11-12-22-18)21(26)24-17-7-9-20(10-8-17)27-19-5-3-2-4-6-19/h2-13H,14H2,1H3,(H,23,25)(H,24,26). The van der Waals surface area contributed by atoms with Gasteiger partial charge in [0.2, 0.25) is 5.91 Å². The van der Waals surface area contributed by atoms with E-state index in [1.807, 2.05) is 30.3 Å². The first-order chi connectivity index (χ1) is 13.1. The molecule has 2 aromatic carbocycles. The van der Waals surface area contributed by atoms with Crippen molar-refractivity contribution in [3.8, 4) is 11.5 Å². The number of benzene rings is 2. The number of nitrogens with zero attached hydrogens (tertiary/aromatic N) is 1. The van der Waals surface area contributed by atoms with Crippen LogP contribution in [0.2, 0.25) is 0 Å². The molecule has 0 unspecified atom stereocenters. The smallest absolute Gasteiger partial charge is 0.255 e. The fourth-order valence-corrected chi connectivity index (χ4v) is 2.37. The van der Waals surface area contributed by atoms with E-state index >= 15 is 0 Å². The van der Waals surface area contributed by atoms with E-state index < -0.39 is 0 Å². The van der Waals surface area contributed by atoms with Gasteiger partial charge in [-0.25, -0.2) is 0 Å². The number of amides is 2. The maximum atomic E-state index is 12.4. The minimum absolute atomic E-state index is 0.149. The summed E-state index contributed by atoms with van der Waals surface area (Å²) in [4.78, 5) is 27.6. The van der Waals surface area contributed by atoms with Gasteiger partial charge in [0.15, 0.2) is 0 Å². The van der Waals surface area contributed by atoms with Crippen molar-refractivity contribution in [3.05, 3.63) is 84.2 Å². The van der Waals surface area contributed by atoms with Crippen LogP contribution in [0.4, 0.5) is 5.69 Å². The highest BCUT2D eigenvalue weighted by atomic mass is 16.5. The highest BCUT2D eigenvalue weighted by Crippen LogP contribution is 2.22. The predicted octanol–water partition coefficient (Wildman–Crippen LogP) is 3.76. The number of carbonyl (C=O) groups excluding carboxylic acids is 2. The first kappa shape index (κ1) is 18.1. The largest absolute Gasteiger partial charge is 0.457 e. The Morgan fingerprint density at radius 2 is 1.67 bits per heavy atom. The number of ether oxygens (including phenoxy) is 1. The minimum atomic E-state index is -0.252. The second-order valence-corrected chi connectivity index (χ2v) is 5.84. The molecule has 0 spiro atoms. The SMILES string of the molecule is CC(=O)NCc1cc(C(=O)Nc2ccc(Oc3ccccc3)cc2)ccn1. The Morgan fingerprint density at radius 3 is 2.37 bits per heavy atom. The normalized spacial score (nSPS) is 10.1. The average molecular weight is 361 g/mol. The summed E-state index contributed by atoms with van der Waals surface area (Å²) in [7, 11) is 0. The summed E-state index contributed by atoms with van der Waals surface area (Å²) in [5.41, 5.74) is 1.74. The summed E-state index contributed by atoms with van der Waals surface area (Å²) in [6, 6.07) is 19.9. The van der Waals surface area contributed by atoms with Crippen molar-refractivity contribution in [2.24, 2.45) is 0 Å². The molecule has 0 fully saturated rings. The summed E-state index contributed by atoms with van der Waals surface area (Å²) in [5.74, 6) is 1.03. The van der Waals surface area contributed by atoms with E-state index in [1.165, 1.54) is 6.92 Å². The van der Waals surface area contributed by atoms with E-state index in [-0.39, 0.29) is 18.4 Å². The Balaban J connectivity index is 1.62. The van der Waals surface area contributed by atoms with Crippen LogP contribution in [0.1, 0.15) is 23.0 Å². The monoisotopic (exact) mass is 361 g/mol. The van der Waals surface area contributed by atoms with Crippen molar-refractivity contribution in [2.75, 3.05) is 5.32 Å². The molecule has 0 radical (unpaired) electrons. The molecule has 136 valence electrons. The lowest BCUT2D eigenvalue weighted by atomic mass is 10.2. The van der Waals surface area contributed by atoms with Crippen LogP contribution >= 0.6 is 0 Å². The van der Waals surface area contributed by atoms with Crippen LogP contribution in [0, 0.1) is 0 Å². The molecule has 3 rings (SSSR count). The predicted molar refractivity (Wildman–Crippen MR) is 103 cm³/mol. The molecular formula is C21H19N3O3. The van der Waals surface area contributed by atoms with Crippen molar-refractivity contribution >= 4 is 17.5 Å². The van der Waals surface area contributed by atoms with Crippen LogP contribution in [0.5, 0.6) is 11.5 Å². The van der Waals surface area contributed by atoms with Gasteiger partial charge < -0.3 is 15.4 Å². The third kappa shape index (κ3) is 5.40. The Labute approximate surface area is 157 Å². The maximum Gasteiger partial charge on any atom is 0.255 e. The molecule has 3 aromatic rings. The average Bonchev–Trinajstić information content (AvgIpc) is 2.69. The lowest BCUT2D eigenvalue weighted by Crippen LogP contribution is -2.20. The Bertz CT molecular complexity index is 925. The van der Waals surface area contributed by atoms with Crippen molar-refractivity contribution in [2.45, 2.75) is 13.5 Å². The van der Waals surface area contributed by atoms with Gasteiger partial charge >= 0.3 is 0 Å². The number of anilines is 1. The van der Waals surface area contributed by atoms with Gasteiger partial charge in [-0.1, -0.05) is 18.2 Å². The van der Waals surface area contributed by atoms with Crippen LogP contribution in [-0.2, 0) is 11.3 Å². The summed E-state index contributed by atoms with van der Waals surface area (Å²) in [5, 5.41) is 5.49. The zero-order valence-electron chi connectivity index (χ0n) is 14.8. The van der Waals surface area contributed by atoms with E-state index in [4.69, 9.17) is 4.74 Å². The number of hydrogen-bond donors (Lipinski definition) is 2. The van der Waals surface area contributed by atoms with Crippen molar-refractivity contribution in [1.82, 2.24) is 10.3 Å². The van der Waals surface area contributed by atoms with Crippen LogP contribution in [0.15, 0.2) is 72.9 Å². The third-order valence-electron chi connectivity index (χ3n) is 3.69. The van der Waals surface area contributed by atoms with E-state index in [0.717, 1.165) is 5.75 Å². The lowest BCUT2D eigenvalue weighted by Gasteiger charge is -2.09. The molecule has 27 heavy (non-hydrogen) atoms. The number of para-hydroxylation sites is 1. The van der Waals surface area contributed by atoms with Crippen LogP contribution in [0.3, 0.4) is 0 Å². The molecule has 2 amide bonds. The molecular weight excluding hydrogens is 342 g/mol. The van der Waals surface area contributed by atoms with Gasteiger partial charge in [-0.2, -0.15) is 0 Å². The third-order valence-corrected chi connectivity index (χ3v) is 3.69. The van der Waals surface area contributed by atoms with Gasteiger partial charge in [0.05, 0.1) is 12.2 Å². The Morgan fingerprint density at radius 1 is 0.963 bits per heavy atom. The van der Waals surface area contributed by atoms with E-state index in [2.05, 4.69) is 15.6 Å². The molecule has 0 saturated heterocycles. The van der Waals surface area contributed by atoms with Gasteiger partial charge in [0, 0.05) is 24.4 Å². The molecule has 0 atom stereocenters. The summed E-state index contributed by atoms with van der Waals surface area (Å²) >= 11 is 0. The second-order valence-electron chi connectivity index (χ2n) is 5.84. The van der Waals surface area contributed by atoms with Gasteiger partial charge in [-0.15, -0.1) is 0 Å². The quantitative estimate of drug-likeness (QED) is 0.700. The van der Waals surface area contributed by atoms with E-state index in [0.29, 0.717) is 22.7 Å². The van der Waals surface area contributed by atoms with Crippen molar-refractivity contribution in [3.63, 3.8) is 0 Å². The molecule has 6 nitrogen and oxygen atoms in total. The topological polar surface area (TPSA) is 80.3 Å². The number of rotatable bonds is 6. The van der Waals surface area contributed by atoms with Crippen molar-refractivity contribution in [1.29, 1.82) is 0 Å². The molecule has 0 aliphatic rings. The molecule has 0 bridgehead atoms. The Kier molecular flexibility index (Phi) is 5.79. The van der Waals surface area contributed by atoms with Crippen LogP contribution in [0.25, 0.3) is 0 Å². The zero-order chi connectivity index (χ0) is 19.1. The van der Waals surface area contributed by atoms with Gasteiger partial charge in [0.25, 0.3) is 5.91 Å². The lowest BCUT2D eigenvalue weighted by molar-refractivity contribution is -0.119. The van der Waals surface area contributed by atoms with Gasteiger partial charge in [-0.3, -0.25) is 14.6 Å². The number of hydrogen-bond acceptors (Lipinski definition) is 4. The number of aromatic nitrogens is 1. The number of carbonyl (C=O) groups is 2. The Hall–Kier alpha value is -3.67. The molecule has 1 heterocycles. The molecule has 0 saturated carbocycles. The van der Waals surface area contributed by atoms with Crippen molar-refractivity contribution < 1.29 is 14.3 Å². The highest BCUT2D eigenvalue weighted by molar-refractivity contribution is 6.04. The molecule has 6 heteroatoms. The first-order valence-corrected chi connectivity index (χ1v) is 8.44. The van der Waals surface area contributed by atoms with Gasteiger partial charge in [-0.05, 0) is 48.5 Å². The number of pyridine rings is 1. The molecule has 0 aliphatic heterocycles. The minimum Gasteiger partial charge on any atom is -0.457 e.